The SMILES string of the molecule is C[C@@H]1C(=O)N(C(=O)C2[C@@H](C)[C@H]2C)[C@H]2CCN(S(=O)(=O)NCCS(=O)(=O)N(C)C)[C@H]12. The van der Waals surface area contributed by atoms with E-state index >= 15 is 0 Å². The van der Waals surface area contributed by atoms with Crippen LogP contribution in [0.1, 0.15) is 27.2 Å². The Balaban J connectivity index is 1.72. The summed E-state index contributed by atoms with van der Waals surface area (Å²) in [6, 6.07) is -1.09. The zero-order valence-corrected chi connectivity index (χ0v) is 19.0. The standard InChI is InChI=1S/C17H30N4O6S2/c1-10-11(2)14(10)17(23)21-13-6-8-20(15(13)12(3)16(21)22)29(26,27)18-7-9-28(24,25)19(4)5/h10-15,18H,6-9H2,1-5H3/t10-,11+,12-,13-,14?,15+/m0/s1. The summed E-state index contributed by atoms with van der Waals surface area (Å²) in [5.74, 6) is -1.23. The summed E-state index contributed by atoms with van der Waals surface area (Å²) in [7, 11) is -4.75. The summed E-state index contributed by atoms with van der Waals surface area (Å²) in [6.45, 7) is 5.52. The molecule has 166 valence electrons. The largest absolute Gasteiger partial charge is 0.279 e. The molecule has 0 aromatic heterocycles. The van der Waals surface area contributed by atoms with Crippen molar-refractivity contribution in [3.63, 3.8) is 0 Å². The van der Waals surface area contributed by atoms with E-state index < -0.39 is 38.2 Å². The fourth-order valence-electron chi connectivity index (χ4n) is 4.56. The molecular formula is C17H30N4O6S2. The van der Waals surface area contributed by atoms with E-state index in [-0.39, 0.29) is 48.4 Å². The number of likely N-dealkylation sites (tertiary alicyclic amines) is 1. The van der Waals surface area contributed by atoms with Crippen molar-refractivity contribution in [2.24, 2.45) is 23.7 Å². The Morgan fingerprint density at radius 1 is 1.14 bits per heavy atom. The van der Waals surface area contributed by atoms with Gasteiger partial charge in [0, 0.05) is 33.1 Å². The Labute approximate surface area is 172 Å². The van der Waals surface area contributed by atoms with Crippen LogP contribution in [0.3, 0.4) is 0 Å². The summed E-state index contributed by atoms with van der Waals surface area (Å²) in [6.07, 6.45) is 0.388. The van der Waals surface area contributed by atoms with Crippen LogP contribution in [0.15, 0.2) is 0 Å². The van der Waals surface area contributed by atoms with Crippen LogP contribution in [-0.4, -0.2) is 87.2 Å². The third-order valence-corrected chi connectivity index (χ3v) is 10.1. The number of carbonyl (C=O) groups excluding carboxylic acids is 2. The maximum Gasteiger partial charge on any atom is 0.279 e. The first kappa shape index (κ1) is 22.6. The van der Waals surface area contributed by atoms with Gasteiger partial charge in [0.25, 0.3) is 10.2 Å². The monoisotopic (exact) mass is 450 g/mol. The molecule has 29 heavy (non-hydrogen) atoms. The van der Waals surface area contributed by atoms with Gasteiger partial charge in [-0.25, -0.2) is 17.4 Å². The Hall–Kier alpha value is -1.08. The Morgan fingerprint density at radius 2 is 1.72 bits per heavy atom. The fourth-order valence-corrected chi connectivity index (χ4v) is 6.92. The van der Waals surface area contributed by atoms with Gasteiger partial charge in [0.15, 0.2) is 0 Å². The van der Waals surface area contributed by atoms with Crippen molar-refractivity contribution < 1.29 is 26.4 Å². The number of nitrogens with zero attached hydrogens (tertiary/aromatic N) is 3. The lowest BCUT2D eigenvalue weighted by Crippen LogP contribution is -2.48. The molecule has 1 saturated carbocycles. The molecule has 1 N–H and O–H groups in total. The van der Waals surface area contributed by atoms with Crippen LogP contribution >= 0.6 is 0 Å². The van der Waals surface area contributed by atoms with Crippen molar-refractivity contribution in [3.8, 4) is 0 Å². The topological polar surface area (TPSA) is 124 Å². The average Bonchev–Trinajstić information content (AvgIpc) is 2.95. The molecule has 3 rings (SSSR count). The van der Waals surface area contributed by atoms with Crippen molar-refractivity contribution in [2.75, 3.05) is 32.9 Å². The predicted octanol–water partition coefficient (Wildman–Crippen LogP) is -0.938. The van der Waals surface area contributed by atoms with Crippen molar-refractivity contribution in [2.45, 2.75) is 39.3 Å². The maximum atomic E-state index is 12.9. The summed E-state index contributed by atoms with van der Waals surface area (Å²) in [5, 5.41) is 0. The molecule has 0 bridgehead atoms. The number of fused-ring (bicyclic) bond motifs is 1. The molecule has 2 heterocycles. The van der Waals surface area contributed by atoms with Crippen molar-refractivity contribution in [1.29, 1.82) is 0 Å². The normalized spacial score (nSPS) is 35.4. The van der Waals surface area contributed by atoms with Gasteiger partial charge < -0.3 is 0 Å². The summed E-state index contributed by atoms with van der Waals surface area (Å²) in [5.41, 5.74) is 0. The van der Waals surface area contributed by atoms with E-state index in [1.807, 2.05) is 13.8 Å². The van der Waals surface area contributed by atoms with Crippen molar-refractivity contribution in [1.82, 2.24) is 18.2 Å². The number of hydrogen-bond donors (Lipinski definition) is 1. The Kier molecular flexibility index (Phi) is 5.89. The van der Waals surface area contributed by atoms with Gasteiger partial charge in [0.1, 0.15) is 0 Å². The number of hydrogen-bond acceptors (Lipinski definition) is 6. The van der Waals surface area contributed by atoms with Crippen molar-refractivity contribution >= 4 is 32.0 Å². The first-order valence-corrected chi connectivity index (χ1v) is 12.9. The molecule has 6 atom stereocenters. The van der Waals surface area contributed by atoms with Crippen LogP contribution in [0.5, 0.6) is 0 Å². The third kappa shape index (κ3) is 3.85. The first-order chi connectivity index (χ1) is 13.3. The lowest BCUT2D eigenvalue weighted by atomic mass is 10.0. The quantitative estimate of drug-likeness (QED) is 0.500. The average molecular weight is 451 g/mol. The highest BCUT2D eigenvalue weighted by atomic mass is 32.2. The minimum Gasteiger partial charge on any atom is -0.277 e. The molecule has 1 unspecified atom stereocenters. The molecule has 0 aromatic carbocycles. The molecule has 10 nitrogen and oxygen atoms in total. The van der Waals surface area contributed by atoms with Crippen LogP contribution in [0.2, 0.25) is 0 Å². The molecule has 3 aliphatic rings. The number of nitrogens with one attached hydrogen (secondary N) is 1. The summed E-state index contributed by atoms with van der Waals surface area (Å²) in [4.78, 5) is 27.0. The molecule has 2 aliphatic heterocycles. The highest BCUT2D eigenvalue weighted by molar-refractivity contribution is 7.89. The van der Waals surface area contributed by atoms with Gasteiger partial charge >= 0.3 is 0 Å². The summed E-state index contributed by atoms with van der Waals surface area (Å²) >= 11 is 0. The smallest absolute Gasteiger partial charge is 0.277 e. The number of sulfonamides is 1. The van der Waals surface area contributed by atoms with Gasteiger partial charge in [-0.05, 0) is 18.3 Å². The Morgan fingerprint density at radius 3 is 2.24 bits per heavy atom. The molecule has 12 heteroatoms. The van der Waals surface area contributed by atoms with Crippen LogP contribution in [0.4, 0.5) is 0 Å². The molecule has 0 spiro atoms. The minimum absolute atomic E-state index is 0.176. The second-order valence-electron chi connectivity index (χ2n) is 8.53. The van der Waals surface area contributed by atoms with E-state index in [4.69, 9.17) is 0 Å². The third-order valence-electron chi connectivity index (χ3n) is 6.70. The second kappa shape index (κ2) is 7.56. The van der Waals surface area contributed by atoms with Gasteiger partial charge in [-0.3, -0.25) is 14.5 Å². The van der Waals surface area contributed by atoms with E-state index in [0.29, 0.717) is 6.42 Å². The molecule has 3 fully saturated rings. The van der Waals surface area contributed by atoms with Gasteiger partial charge in [-0.1, -0.05) is 20.8 Å². The fraction of sp³-hybridized carbons (Fsp3) is 0.882. The van der Waals surface area contributed by atoms with Crippen LogP contribution < -0.4 is 4.72 Å². The number of carbonyl (C=O) groups is 2. The number of amides is 2. The minimum atomic E-state index is -3.98. The van der Waals surface area contributed by atoms with E-state index in [2.05, 4.69) is 4.72 Å². The number of imide groups is 1. The van der Waals surface area contributed by atoms with Gasteiger partial charge in [0.05, 0.1) is 23.8 Å². The van der Waals surface area contributed by atoms with Crippen LogP contribution in [0, 0.1) is 23.7 Å². The predicted molar refractivity (Wildman–Crippen MR) is 106 cm³/mol. The van der Waals surface area contributed by atoms with Gasteiger partial charge in [0.2, 0.25) is 21.8 Å². The maximum absolute atomic E-state index is 12.9. The second-order valence-corrected chi connectivity index (χ2v) is 12.5. The van der Waals surface area contributed by atoms with E-state index in [1.54, 1.807) is 6.92 Å². The molecule has 2 amide bonds. The highest BCUT2D eigenvalue weighted by Crippen LogP contribution is 2.49. The lowest BCUT2D eigenvalue weighted by molar-refractivity contribution is -0.146. The van der Waals surface area contributed by atoms with Gasteiger partial charge in [-0.2, -0.15) is 12.7 Å². The first-order valence-electron chi connectivity index (χ1n) is 9.84. The van der Waals surface area contributed by atoms with E-state index in [0.717, 1.165) is 4.31 Å². The molecule has 0 radical (unpaired) electrons. The summed E-state index contributed by atoms with van der Waals surface area (Å²) < 4.78 is 53.9. The molecule has 0 aromatic rings. The van der Waals surface area contributed by atoms with Gasteiger partial charge in [-0.15, -0.1) is 0 Å². The van der Waals surface area contributed by atoms with E-state index in [1.165, 1.54) is 23.3 Å². The lowest BCUT2D eigenvalue weighted by Gasteiger charge is -2.25. The molecular weight excluding hydrogens is 420 g/mol. The van der Waals surface area contributed by atoms with Crippen LogP contribution in [-0.2, 0) is 29.8 Å². The van der Waals surface area contributed by atoms with Crippen molar-refractivity contribution in [3.05, 3.63) is 0 Å². The highest BCUT2D eigenvalue weighted by Gasteiger charge is 2.60. The number of rotatable bonds is 7. The van der Waals surface area contributed by atoms with Crippen LogP contribution in [0.25, 0.3) is 0 Å². The zero-order valence-electron chi connectivity index (χ0n) is 17.4. The molecule has 2 saturated heterocycles. The Bertz CT molecular complexity index is 895. The zero-order chi connectivity index (χ0) is 21.9. The molecule has 1 aliphatic carbocycles. The van der Waals surface area contributed by atoms with E-state index in [9.17, 15) is 26.4 Å².